The standard InChI is InChI=1S/C11H11FN2O4/c12-7-1-2-8-9(5-7)18-4-3-14(8)10(15)6-13-11(16)17/h1-2,5,13H,3-4,6H2,(H,16,17). The minimum absolute atomic E-state index is 0.245. The van der Waals surface area contributed by atoms with Crippen molar-refractivity contribution in [2.24, 2.45) is 0 Å². The Labute approximate surface area is 102 Å². The lowest BCUT2D eigenvalue weighted by molar-refractivity contribution is -0.118. The van der Waals surface area contributed by atoms with Crippen LogP contribution in [0.5, 0.6) is 5.75 Å². The highest BCUT2D eigenvalue weighted by Crippen LogP contribution is 2.31. The van der Waals surface area contributed by atoms with E-state index in [0.717, 1.165) is 0 Å². The Balaban J connectivity index is 2.17. The molecule has 7 heteroatoms. The van der Waals surface area contributed by atoms with Crippen molar-refractivity contribution >= 4 is 17.7 Å². The average Bonchev–Trinajstić information content (AvgIpc) is 2.34. The Bertz CT molecular complexity index is 492. The number of hydrogen-bond acceptors (Lipinski definition) is 3. The van der Waals surface area contributed by atoms with Crippen LogP contribution in [0, 0.1) is 5.82 Å². The largest absolute Gasteiger partial charge is 0.489 e. The minimum Gasteiger partial charge on any atom is -0.489 e. The monoisotopic (exact) mass is 254 g/mol. The predicted octanol–water partition coefficient (Wildman–Crippen LogP) is 0.819. The summed E-state index contributed by atoms with van der Waals surface area (Å²) in [5.74, 6) is -0.579. The van der Waals surface area contributed by atoms with Gasteiger partial charge < -0.3 is 20.1 Å². The van der Waals surface area contributed by atoms with Gasteiger partial charge in [0.2, 0.25) is 5.91 Å². The fourth-order valence-electron chi connectivity index (χ4n) is 1.70. The molecule has 18 heavy (non-hydrogen) atoms. The summed E-state index contributed by atoms with van der Waals surface area (Å²) in [6.45, 7) is 0.222. The van der Waals surface area contributed by atoms with Gasteiger partial charge in [0.15, 0.2) is 0 Å². The number of carbonyl (C=O) groups excluding carboxylic acids is 1. The number of amides is 2. The van der Waals surface area contributed by atoms with E-state index in [0.29, 0.717) is 12.2 Å². The first-order valence-electron chi connectivity index (χ1n) is 5.27. The van der Waals surface area contributed by atoms with Crippen LogP contribution in [0.15, 0.2) is 18.2 Å². The molecule has 0 fully saturated rings. The molecule has 1 aliphatic rings. The van der Waals surface area contributed by atoms with E-state index in [9.17, 15) is 14.0 Å². The summed E-state index contributed by atoms with van der Waals surface area (Å²) in [7, 11) is 0. The first kappa shape index (κ1) is 12.2. The molecule has 0 spiro atoms. The van der Waals surface area contributed by atoms with Gasteiger partial charge >= 0.3 is 6.09 Å². The molecule has 6 nitrogen and oxygen atoms in total. The highest BCUT2D eigenvalue weighted by atomic mass is 19.1. The number of rotatable bonds is 2. The molecule has 0 saturated heterocycles. The summed E-state index contributed by atoms with van der Waals surface area (Å²) >= 11 is 0. The van der Waals surface area contributed by atoms with Gasteiger partial charge in [-0.1, -0.05) is 0 Å². The lowest BCUT2D eigenvalue weighted by Gasteiger charge is -2.29. The second kappa shape index (κ2) is 4.91. The normalized spacial score (nSPS) is 13.5. The number of benzene rings is 1. The molecule has 0 aliphatic carbocycles. The summed E-state index contributed by atoms with van der Waals surface area (Å²) in [4.78, 5) is 23.5. The van der Waals surface area contributed by atoms with E-state index in [1.165, 1.54) is 23.1 Å². The smallest absolute Gasteiger partial charge is 0.405 e. The zero-order valence-corrected chi connectivity index (χ0v) is 9.35. The van der Waals surface area contributed by atoms with Crippen molar-refractivity contribution in [2.75, 3.05) is 24.6 Å². The molecule has 0 atom stereocenters. The minimum atomic E-state index is -1.27. The van der Waals surface area contributed by atoms with Crippen LogP contribution in [0.2, 0.25) is 0 Å². The highest BCUT2D eigenvalue weighted by molar-refractivity contribution is 5.97. The van der Waals surface area contributed by atoms with Gasteiger partial charge in [0, 0.05) is 6.07 Å². The Morgan fingerprint density at radius 2 is 2.28 bits per heavy atom. The van der Waals surface area contributed by atoms with E-state index >= 15 is 0 Å². The first-order valence-corrected chi connectivity index (χ1v) is 5.27. The highest BCUT2D eigenvalue weighted by Gasteiger charge is 2.24. The third kappa shape index (κ3) is 2.50. The van der Waals surface area contributed by atoms with Crippen LogP contribution in [-0.4, -0.2) is 36.8 Å². The number of fused-ring (bicyclic) bond motifs is 1. The molecule has 2 rings (SSSR count). The Morgan fingerprint density at radius 1 is 1.50 bits per heavy atom. The van der Waals surface area contributed by atoms with Gasteiger partial charge in [-0.2, -0.15) is 0 Å². The fourth-order valence-corrected chi connectivity index (χ4v) is 1.70. The van der Waals surface area contributed by atoms with Crippen LogP contribution in [0.25, 0.3) is 0 Å². The third-order valence-corrected chi connectivity index (χ3v) is 2.48. The summed E-state index contributed by atoms with van der Waals surface area (Å²) in [5.41, 5.74) is 0.444. The molecule has 2 amide bonds. The summed E-state index contributed by atoms with van der Waals surface area (Å²) in [5, 5.41) is 10.4. The summed E-state index contributed by atoms with van der Waals surface area (Å²) in [6.07, 6.45) is -1.27. The summed E-state index contributed by atoms with van der Waals surface area (Å²) < 4.78 is 18.2. The summed E-state index contributed by atoms with van der Waals surface area (Å²) in [6, 6.07) is 3.85. The zero-order valence-electron chi connectivity index (χ0n) is 9.35. The molecule has 0 radical (unpaired) electrons. The molecular formula is C11H11FN2O4. The van der Waals surface area contributed by atoms with Crippen LogP contribution < -0.4 is 15.0 Å². The van der Waals surface area contributed by atoms with E-state index < -0.39 is 17.8 Å². The maximum absolute atomic E-state index is 13.0. The van der Waals surface area contributed by atoms with E-state index in [1.54, 1.807) is 0 Å². The van der Waals surface area contributed by atoms with Gasteiger partial charge in [-0.15, -0.1) is 0 Å². The lowest BCUT2D eigenvalue weighted by atomic mass is 10.2. The number of halogens is 1. The Morgan fingerprint density at radius 3 is 3.00 bits per heavy atom. The third-order valence-electron chi connectivity index (χ3n) is 2.48. The maximum atomic E-state index is 13.0. The first-order chi connectivity index (χ1) is 8.58. The average molecular weight is 254 g/mol. The van der Waals surface area contributed by atoms with Crippen molar-refractivity contribution in [2.45, 2.75) is 0 Å². The van der Waals surface area contributed by atoms with E-state index in [1.807, 2.05) is 5.32 Å². The second-order valence-corrected chi connectivity index (χ2v) is 3.66. The van der Waals surface area contributed by atoms with Gasteiger partial charge in [0.05, 0.1) is 12.2 Å². The van der Waals surface area contributed by atoms with Gasteiger partial charge in [0.1, 0.15) is 24.7 Å². The molecule has 1 aromatic rings. The van der Waals surface area contributed by atoms with Crippen LogP contribution in [-0.2, 0) is 4.79 Å². The van der Waals surface area contributed by atoms with Crippen LogP contribution >= 0.6 is 0 Å². The molecule has 96 valence electrons. The molecule has 0 saturated carbocycles. The van der Waals surface area contributed by atoms with E-state index in [2.05, 4.69) is 0 Å². The van der Waals surface area contributed by atoms with Crippen LogP contribution in [0.4, 0.5) is 14.9 Å². The molecular weight excluding hydrogens is 243 g/mol. The van der Waals surface area contributed by atoms with Gasteiger partial charge in [0.25, 0.3) is 0 Å². The molecule has 0 aromatic heterocycles. The molecule has 2 N–H and O–H groups in total. The van der Waals surface area contributed by atoms with Crippen molar-refractivity contribution in [3.05, 3.63) is 24.0 Å². The van der Waals surface area contributed by atoms with Crippen LogP contribution in [0.1, 0.15) is 0 Å². The van der Waals surface area contributed by atoms with Crippen molar-refractivity contribution < 1.29 is 23.8 Å². The zero-order chi connectivity index (χ0) is 13.1. The predicted molar refractivity (Wildman–Crippen MR) is 60.3 cm³/mol. The van der Waals surface area contributed by atoms with Gasteiger partial charge in [-0.3, -0.25) is 4.79 Å². The number of carboxylic acid groups (broad SMARTS) is 1. The van der Waals surface area contributed by atoms with E-state index in [4.69, 9.17) is 9.84 Å². The number of anilines is 1. The van der Waals surface area contributed by atoms with Crippen molar-refractivity contribution in [1.82, 2.24) is 5.32 Å². The number of nitrogens with one attached hydrogen (secondary N) is 1. The lowest BCUT2D eigenvalue weighted by Crippen LogP contribution is -2.43. The number of carbonyl (C=O) groups is 2. The van der Waals surface area contributed by atoms with Crippen molar-refractivity contribution in [1.29, 1.82) is 0 Å². The Hall–Kier alpha value is -2.31. The number of nitrogens with zero attached hydrogens (tertiary/aromatic N) is 1. The molecule has 0 bridgehead atoms. The molecule has 1 aromatic carbocycles. The van der Waals surface area contributed by atoms with Gasteiger partial charge in [-0.05, 0) is 12.1 Å². The Kier molecular flexibility index (Phi) is 3.31. The van der Waals surface area contributed by atoms with Crippen LogP contribution in [0.3, 0.4) is 0 Å². The van der Waals surface area contributed by atoms with Crippen molar-refractivity contribution in [3.63, 3.8) is 0 Å². The van der Waals surface area contributed by atoms with E-state index in [-0.39, 0.29) is 18.9 Å². The quantitative estimate of drug-likeness (QED) is 0.818. The molecule has 1 aliphatic heterocycles. The van der Waals surface area contributed by atoms with Crippen molar-refractivity contribution in [3.8, 4) is 5.75 Å². The SMILES string of the molecule is O=C(O)NCC(=O)N1CCOc2cc(F)ccc21. The fraction of sp³-hybridized carbons (Fsp3) is 0.273. The molecule has 0 unspecified atom stereocenters. The maximum Gasteiger partial charge on any atom is 0.405 e. The van der Waals surface area contributed by atoms with Gasteiger partial charge in [-0.25, -0.2) is 9.18 Å². The molecule has 1 heterocycles. The topological polar surface area (TPSA) is 78.9 Å². The number of hydrogen-bond donors (Lipinski definition) is 2. The number of ether oxygens (including phenoxy) is 1. The second-order valence-electron chi connectivity index (χ2n) is 3.66.